The molecule has 2 amide bonds. The molecule has 0 unspecified atom stereocenters. The molecule has 0 radical (unpaired) electrons. The number of likely N-dealkylation sites (N-methyl/N-ethyl adjacent to an activating group) is 1. The van der Waals surface area contributed by atoms with Crippen LogP contribution in [0.1, 0.15) is 143 Å². The van der Waals surface area contributed by atoms with E-state index in [-0.39, 0.29) is 62.2 Å². The van der Waals surface area contributed by atoms with Gasteiger partial charge in [0.2, 0.25) is 5.79 Å². The topological polar surface area (TPSA) is 182 Å². The molecule has 1 saturated carbocycles. The maximum atomic E-state index is 15.0. The number of non-ortho nitro benzene ring substituents is 1. The molecular formula is C59H76N4O10. The molecule has 1 heterocycles. The molecule has 3 N–H and O–H groups in total. The molecule has 0 aromatic heterocycles. The second-order valence-corrected chi connectivity index (χ2v) is 19.9. The number of nitro benzene ring substituents is 1. The smallest absolute Gasteiger partial charge is 0.412 e. The van der Waals surface area contributed by atoms with Gasteiger partial charge in [-0.25, -0.2) is 4.79 Å². The van der Waals surface area contributed by atoms with Gasteiger partial charge in [0, 0.05) is 62.4 Å². The Labute approximate surface area is 431 Å². The number of nitro groups is 1. The number of fused-ring (bicyclic) bond motifs is 3. The third-order valence-corrected chi connectivity index (χ3v) is 15.0. The van der Waals surface area contributed by atoms with Crippen LogP contribution in [0.25, 0.3) is 10.8 Å². The molecule has 1 fully saturated rings. The van der Waals surface area contributed by atoms with Gasteiger partial charge in [-0.3, -0.25) is 14.9 Å². The fraction of sp³-hybridized carbons (Fsp3) is 0.508. The van der Waals surface area contributed by atoms with E-state index in [9.17, 15) is 29.9 Å². The van der Waals surface area contributed by atoms with Crippen molar-refractivity contribution in [3.63, 3.8) is 0 Å². The highest BCUT2D eigenvalue weighted by molar-refractivity contribution is 6.04. The van der Waals surface area contributed by atoms with Gasteiger partial charge < -0.3 is 39.5 Å². The quantitative estimate of drug-likeness (QED) is 0.0205. The van der Waals surface area contributed by atoms with Crippen molar-refractivity contribution in [2.24, 2.45) is 22.9 Å². The summed E-state index contributed by atoms with van der Waals surface area (Å²) in [5.74, 6) is -1.82. The van der Waals surface area contributed by atoms with Crippen LogP contribution in [0, 0.1) is 27.9 Å². The summed E-state index contributed by atoms with van der Waals surface area (Å²) in [5.41, 5.74) is 3.42. The van der Waals surface area contributed by atoms with Gasteiger partial charge >= 0.3 is 6.09 Å². The Balaban J connectivity index is 1.27. The highest BCUT2D eigenvalue weighted by Crippen LogP contribution is 2.62. The number of aliphatic hydroxyl groups is 2. The molecule has 392 valence electrons. The van der Waals surface area contributed by atoms with Gasteiger partial charge in [0.05, 0.1) is 23.2 Å². The molecule has 1 aliphatic heterocycles. The maximum Gasteiger partial charge on any atom is 0.412 e. The minimum absolute atomic E-state index is 0.0214. The average Bonchev–Trinajstić information content (AvgIpc) is 3.40. The van der Waals surface area contributed by atoms with E-state index in [1.54, 1.807) is 36.2 Å². The van der Waals surface area contributed by atoms with E-state index >= 15 is 0 Å². The van der Waals surface area contributed by atoms with Crippen molar-refractivity contribution in [3.05, 3.63) is 136 Å². The van der Waals surface area contributed by atoms with E-state index in [0.29, 0.717) is 47.7 Å². The van der Waals surface area contributed by atoms with Crippen molar-refractivity contribution >= 4 is 34.2 Å². The molecule has 0 spiro atoms. The highest BCUT2D eigenvalue weighted by Gasteiger charge is 2.65. The summed E-state index contributed by atoms with van der Waals surface area (Å²) in [7, 11) is 1.77. The normalized spacial score (nSPS) is 21.3. The number of allylic oxidation sites excluding steroid dienone is 1. The highest BCUT2D eigenvalue weighted by atomic mass is 16.7. The monoisotopic (exact) mass is 1000 g/mol. The van der Waals surface area contributed by atoms with Crippen LogP contribution in [0.3, 0.4) is 0 Å². The summed E-state index contributed by atoms with van der Waals surface area (Å²) in [5, 5.41) is 41.2. The number of unbranched alkanes of at least 4 members (excludes halogenated alkanes) is 11. The van der Waals surface area contributed by atoms with E-state index in [0.717, 1.165) is 66.9 Å². The van der Waals surface area contributed by atoms with Gasteiger partial charge in [0.25, 0.3) is 11.6 Å². The van der Waals surface area contributed by atoms with E-state index in [2.05, 4.69) is 24.9 Å². The van der Waals surface area contributed by atoms with Crippen LogP contribution >= 0.6 is 0 Å². The number of nitrogens with one attached hydrogen (secondary N) is 1. The number of amides is 2. The molecule has 73 heavy (non-hydrogen) atoms. The Kier molecular flexibility index (Phi) is 20.4. The minimum atomic E-state index is -1.49. The first kappa shape index (κ1) is 54.7. The lowest BCUT2D eigenvalue weighted by atomic mass is 9.55. The number of carbonyl (C=O) groups excluding carboxylic acids is 2. The number of benzene rings is 4. The Morgan fingerprint density at radius 3 is 2.27 bits per heavy atom. The summed E-state index contributed by atoms with van der Waals surface area (Å²) in [6.45, 7) is 7.01. The second kappa shape index (κ2) is 27.3. The lowest BCUT2D eigenvalue weighted by Crippen LogP contribution is -2.69. The summed E-state index contributed by atoms with van der Waals surface area (Å²) >= 11 is 0. The fourth-order valence-electron chi connectivity index (χ4n) is 11.3. The lowest BCUT2D eigenvalue weighted by molar-refractivity contribution is -0.384. The molecule has 0 bridgehead atoms. The van der Waals surface area contributed by atoms with E-state index in [4.69, 9.17) is 24.2 Å². The zero-order valence-electron chi connectivity index (χ0n) is 42.9. The van der Waals surface area contributed by atoms with E-state index in [1.807, 2.05) is 54.6 Å². The second-order valence-electron chi connectivity index (χ2n) is 19.9. The molecular weight excluding hydrogens is 925 g/mol. The Morgan fingerprint density at radius 1 is 0.877 bits per heavy atom. The predicted molar refractivity (Wildman–Crippen MR) is 285 cm³/mol. The predicted octanol–water partition coefficient (Wildman–Crippen LogP) is 12.4. The fourth-order valence-corrected chi connectivity index (χ4v) is 11.3. The largest absolute Gasteiger partial charge is 0.459 e. The first-order valence-corrected chi connectivity index (χ1v) is 26.8. The van der Waals surface area contributed by atoms with Crippen LogP contribution in [-0.2, 0) is 16.2 Å². The number of carbonyl (C=O) groups is 2. The number of ether oxygens (including phenoxy) is 3. The van der Waals surface area contributed by atoms with Crippen molar-refractivity contribution in [1.29, 1.82) is 0 Å². The molecule has 4 aromatic rings. The van der Waals surface area contributed by atoms with Gasteiger partial charge in [-0.2, -0.15) is 0 Å². The number of rotatable bonds is 29. The Morgan fingerprint density at radius 2 is 1.58 bits per heavy atom. The standard InChI is InChI=1S/C59H76N4O10/c1-4-6-7-8-9-10-11-12-13-18-33-60-58(67)72-48-31-32-53-51(39-48)55-49(24-17-20-35-65)45(23-16-19-34-64)38-50-52(61-71-41-42-25-29-47(30-26-42)63(68)69)40-54(59(73-53,56(50)55)70-36-5-2)62(3)57(66)46-28-27-43-21-14-15-22-44(43)37-46/h5,14-15,21-22,25-32,37-39,45,49,54-56,64-65H,2,4,6-13,16-20,23-24,33-36,40-41H2,1,3H3,(H,60,67)/t45-,49+,54-,55+,56+,59+/m0/s1. The molecule has 3 aliphatic rings. The summed E-state index contributed by atoms with van der Waals surface area (Å²) in [4.78, 5) is 47.2. The third-order valence-electron chi connectivity index (χ3n) is 15.0. The SMILES string of the molecule is C=CCO[C@@]12Oc3ccc(OC(=O)NCCCCCCCCCCCC)cc3[C@H]3[C@H](CCCCO)[C@@H](CCCCO)C=C(C(=NOCc4ccc([N+](=O)[O-])cc4)C[C@@H]1N(C)C(=O)c1ccc4ccccc4c1)[C@H]32. The van der Waals surface area contributed by atoms with Crippen molar-refractivity contribution in [2.45, 2.75) is 140 Å². The zero-order valence-corrected chi connectivity index (χ0v) is 42.9. The van der Waals surface area contributed by atoms with Gasteiger partial charge in [-0.1, -0.05) is 125 Å². The summed E-state index contributed by atoms with van der Waals surface area (Å²) in [6.07, 6.45) is 19.8. The maximum absolute atomic E-state index is 15.0. The van der Waals surface area contributed by atoms with Gasteiger partial charge in [0.15, 0.2) is 0 Å². The number of hydrogen-bond acceptors (Lipinski definition) is 11. The number of oxime groups is 1. The van der Waals surface area contributed by atoms with E-state index < -0.39 is 28.8 Å². The van der Waals surface area contributed by atoms with Crippen LogP contribution in [0.5, 0.6) is 11.5 Å². The molecule has 14 nitrogen and oxygen atoms in total. The van der Waals surface area contributed by atoms with Crippen LogP contribution in [0.4, 0.5) is 10.5 Å². The first-order chi connectivity index (χ1) is 35.6. The summed E-state index contributed by atoms with van der Waals surface area (Å²) < 4.78 is 20.4. The molecule has 0 saturated heterocycles. The molecule has 2 aliphatic carbocycles. The molecule has 7 rings (SSSR count). The van der Waals surface area contributed by atoms with Gasteiger partial charge in [-0.05, 0) is 108 Å². The molecule has 4 aromatic carbocycles. The zero-order chi connectivity index (χ0) is 51.6. The van der Waals surface area contributed by atoms with Crippen LogP contribution in [0.15, 0.2) is 114 Å². The van der Waals surface area contributed by atoms with Crippen molar-refractivity contribution in [1.82, 2.24) is 10.2 Å². The molecule has 14 heteroatoms. The Bertz CT molecular complexity index is 2530. The van der Waals surface area contributed by atoms with Crippen molar-refractivity contribution in [2.75, 3.05) is 33.4 Å². The van der Waals surface area contributed by atoms with Crippen molar-refractivity contribution < 1.29 is 43.8 Å². The number of aliphatic hydroxyl groups excluding tert-OH is 2. The Hall–Kier alpha value is -6.09. The van der Waals surface area contributed by atoms with E-state index in [1.165, 1.54) is 57.1 Å². The number of hydrogen-bond donors (Lipinski definition) is 3. The lowest BCUT2D eigenvalue weighted by Gasteiger charge is -2.59. The molecule has 6 atom stereocenters. The minimum Gasteiger partial charge on any atom is -0.459 e. The van der Waals surface area contributed by atoms with Crippen LogP contribution in [-0.4, -0.2) is 83.0 Å². The van der Waals surface area contributed by atoms with Crippen LogP contribution < -0.4 is 14.8 Å². The first-order valence-electron chi connectivity index (χ1n) is 26.8. The van der Waals surface area contributed by atoms with Gasteiger partial charge in [-0.15, -0.1) is 6.58 Å². The average molecular weight is 1000 g/mol. The summed E-state index contributed by atoms with van der Waals surface area (Å²) in [6, 6.07) is 24.4. The third kappa shape index (κ3) is 13.8. The van der Waals surface area contributed by atoms with Crippen molar-refractivity contribution in [3.8, 4) is 11.5 Å². The van der Waals surface area contributed by atoms with Gasteiger partial charge in [0.1, 0.15) is 24.1 Å². The number of nitrogens with zero attached hydrogens (tertiary/aromatic N) is 3. The van der Waals surface area contributed by atoms with Crippen LogP contribution in [0.2, 0.25) is 0 Å².